The summed E-state index contributed by atoms with van der Waals surface area (Å²) < 4.78 is 10.6. The number of amides is 1. The summed E-state index contributed by atoms with van der Waals surface area (Å²) in [7, 11) is 5.82. The van der Waals surface area contributed by atoms with E-state index in [4.69, 9.17) is 22.8 Å². The van der Waals surface area contributed by atoms with Crippen LogP contribution in [0.25, 0.3) is 0 Å². The smallest absolute Gasteiger partial charge is 0.407 e. The van der Waals surface area contributed by atoms with Gasteiger partial charge in [-0.1, -0.05) is 39.6 Å². The summed E-state index contributed by atoms with van der Waals surface area (Å²) in [5.74, 6) is 0.722. The van der Waals surface area contributed by atoms with Crippen LogP contribution in [-0.2, 0) is 4.74 Å². The monoisotopic (exact) mass is 406 g/mol. The molecule has 3 N–H and O–H groups in total. The van der Waals surface area contributed by atoms with E-state index in [2.05, 4.69) is 27.4 Å². The molecule has 0 fully saturated rings. The molecule has 0 aliphatic heterocycles. The predicted molar refractivity (Wildman–Crippen MR) is 91.3 cm³/mol. The molecule has 0 saturated carbocycles. The second-order valence-electron chi connectivity index (χ2n) is 4.05. The van der Waals surface area contributed by atoms with E-state index in [9.17, 15) is 4.79 Å². The fourth-order valence-corrected chi connectivity index (χ4v) is 2.73. The normalized spacial score (nSPS) is 13.3. The van der Waals surface area contributed by atoms with Crippen LogP contribution in [0.2, 0.25) is 0 Å². The van der Waals surface area contributed by atoms with E-state index < -0.39 is 11.5 Å². The molecule has 0 bridgehead atoms. The zero-order valence-electron chi connectivity index (χ0n) is 11.2. The molecule has 0 aliphatic rings. The summed E-state index contributed by atoms with van der Waals surface area (Å²) in [6, 6.07) is 7.59. The first-order valence-electron chi connectivity index (χ1n) is 6.11. The molecule has 2 radical (unpaired) electrons. The van der Waals surface area contributed by atoms with Crippen LogP contribution in [-0.4, -0.2) is 39.5 Å². The zero-order valence-corrected chi connectivity index (χ0v) is 14.3. The van der Waals surface area contributed by atoms with Gasteiger partial charge >= 0.3 is 6.09 Å². The van der Waals surface area contributed by atoms with Crippen LogP contribution in [0.3, 0.4) is 0 Å². The highest BCUT2D eigenvalue weighted by Crippen LogP contribution is 2.37. The van der Waals surface area contributed by atoms with Crippen molar-refractivity contribution in [2.24, 2.45) is 5.73 Å². The Kier molecular flexibility index (Phi) is 8.25. The average molecular weight is 406 g/mol. The molecule has 8 heteroatoms. The molecule has 2 unspecified atom stereocenters. The highest BCUT2D eigenvalue weighted by molar-refractivity contribution is 14.2. The highest BCUT2D eigenvalue weighted by Gasteiger charge is 2.09. The van der Waals surface area contributed by atoms with Gasteiger partial charge in [0.2, 0.25) is 0 Å². The lowest BCUT2D eigenvalue weighted by molar-refractivity contribution is 0.0756. The van der Waals surface area contributed by atoms with E-state index in [1.165, 1.54) is 0 Å². The molecule has 0 aromatic heterocycles. The number of alkyl carbamates (subject to hydrolysis) is 1. The first kappa shape index (κ1) is 17.5. The summed E-state index contributed by atoms with van der Waals surface area (Å²) in [6.45, 7) is 2.83. The third kappa shape index (κ3) is 6.77. The molecule has 1 amide bonds. The summed E-state index contributed by atoms with van der Waals surface area (Å²) >= 11 is 2.20. The number of rotatable bonds is 7. The van der Waals surface area contributed by atoms with E-state index in [1.54, 1.807) is 6.92 Å². The second-order valence-corrected chi connectivity index (χ2v) is 8.30. The van der Waals surface area contributed by atoms with Crippen molar-refractivity contribution in [3.63, 3.8) is 0 Å². The van der Waals surface area contributed by atoms with Gasteiger partial charge in [0.15, 0.2) is 0 Å². The Hall–Kier alpha value is -0.525. The first-order chi connectivity index (χ1) is 9.52. The number of nitrogens with two attached hydrogens (primary N) is 1. The molecular formula is C12H17BIN2O3P. The van der Waals surface area contributed by atoms with Crippen LogP contribution >= 0.6 is 27.5 Å². The van der Waals surface area contributed by atoms with Gasteiger partial charge in [-0.2, -0.15) is 0 Å². The molecule has 2 atom stereocenters. The molecule has 0 spiro atoms. The summed E-state index contributed by atoms with van der Waals surface area (Å²) in [6.07, 6.45) is -0.829. The lowest BCUT2D eigenvalue weighted by Gasteiger charge is -2.15. The summed E-state index contributed by atoms with van der Waals surface area (Å²) in [4.78, 5) is 11.3. The molecule has 0 saturated heterocycles. The second kappa shape index (κ2) is 9.42. The number of hydrogen-bond acceptors (Lipinski definition) is 4. The summed E-state index contributed by atoms with van der Waals surface area (Å²) in [5, 5.41) is 3.62. The van der Waals surface area contributed by atoms with Crippen LogP contribution in [0.4, 0.5) is 4.79 Å². The van der Waals surface area contributed by atoms with Gasteiger partial charge in [0.1, 0.15) is 26.0 Å². The Morgan fingerprint density at radius 3 is 2.70 bits per heavy atom. The fourth-order valence-electron chi connectivity index (χ4n) is 1.33. The third-order valence-corrected chi connectivity index (χ3v) is 4.75. The van der Waals surface area contributed by atoms with E-state index in [0.717, 1.165) is 11.1 Å². The molecule has 5 nitrogen and oxygen atoms in total. The van der Waals surface area contributed by atoms with Crippen LogP contribution in [0.15, 0.2) is 24.3 Å². The van der Waals surface area contributed by atoms with E-state index in [-0.39, 0.29) is 12.7 Å². The van der Waals surface area contributed by atoms with Gasteiger partial charge < -0.3 is 20.5 Å². The van der Waals surface area contributed by atoms with Crippen LogP contribution in [0.5, 0.6) is 5.75 Å². The Morgan fingerprint density at radius 1 is 1.50 bits per heavy atom. The maximum atomic E-state index is 11.3. The predicted octanol–water partition coefficient (Wildman–Crippen LogP) is 1.68. The maximum absolute atomic E-state index is 11.3. The van der Waals surface area contributed by atoms with Gasteiger partial charge in [-0.15, -0.1) is 0 Å². The molecular weight excluding hydrogens is 389 g/mol. The van der Waals surface area contributed by atoms with E-state index in [1.807, 2.05) is 24.3 Å². The molecule has 0 aliphatic carbocycles. The van der Waals surface area contributed by atoms with Crippen molar-refractivity contribution in [1.82, 2.24) is 5.32 Å². The number of benzene rings is 1. The van der Waals surface area contributed by atoms with Gasteiger partial charge in [0.05, 0.1) is 0 Å². The SMILES string of the molecule is [B]P(I)c1ccc(OCC(C)OC(=O)NCCN)cc1. The van der Waals surface area contributed by atoms with Crippen molar-refractivity contribution in [2.75, 3.05) is 19.7 Å². The van der Waals surface area contributed by atoms with Gasteiger partial charge in [-0.25, -0.2) is 4.79 Å². The molecule has 1 rings (SSSR count). The quantitative estimate of drug-likeness (QED) is 0.411. The fraction of sp³-hybridized carbons (Fsp3) is 0.417. The number of halogens is 1. The minimum Gasteiger partial charge on any atom is -0.490 e. The van der Waals surface area contributed by atoms with Gasteiger partial charge in [-0.05, 0) is 24.4 Å². The van der Waals surface area contributed by atoms with Gasteiger partial charge in [-0.3, -0.25) is 0 Å². The van der Waals surface area contributed by atoms with E-state index in [0.29, 0.717) is 13.1 Å². The Labute approximate surface area is 134 Å². The number of hydrogen-bond donors (Lipinski definition) is 2. The van der Waals surface area contributed by atoms with Crippen molar-refractivity contribution in [3.8, 4) is 5.75 Å². The van der Waals surface area contributed by atoms with Crippen molar-refractivity contribution < 1.29 is 14.3 Å². The zero-order chi connectivity index (χ0) is 15.0. The Morgan fingerprint density at radius 2 is 2.15 bits per heavy atom. The summed E-state index contributed by atoms with van der Waals surface area (Å²) in [5.41, 5.74) is 4.65. The van der Waals surface area contributed by atoms with Crippen molar-refractivity contribution in [1.29, 1.82) is 0 Å². The van der Waals surface area contributed by atoms with Crippen LogP contribution < -0.4 is 21.1 Å². The Bertz CT molecular complexity index is 420. The van der Waals surface area contributed by atoms with Crippen molar-refractivity contribution >= 4 is 46.4 Å². The number of carbonyl (C=O) groups is 1. The minimum absolute atomic E-state index is 0.289. The van der Waals surface area contributed by atoms with Gasteiger partial charge in [0, 0.05) is 13.1 Å². The lowest BCUT2D eigenvalue weighted by atomic mass is 10.3. The van der Waals surface area contributed by atoms with Crippen LogP contribution in [0, 0.1) is 0 Å². The lowest BCUT2D eigenvalue weighted by Crippen LogP contribution is -2.33. The molecule has 1 aromatic rings. The highest BCUT2D eigenvalue weighted by atomic mass is 127. The minimum atomic E-state index is -0.621. The maximum Gasteiger partial charge on any atom is 0.407 e. The molecule has 20 heavy (non-hydrogen) atoms. The van der Waals surface area contributed by atoms with Crippen molar-refractivity contribution in [2.45, 2.75) is 13.0 Å². The Balaban J connectivity index is 2.33. The molecule has 108 valence electrons. The van der Waals surface area contributed by atoms with Gasteiger partial charge in [0.25, 0.3) is 0 Å². The van der Waals surface area contributed by atoms with Crippen LogP contribution in [0.1, 0.15) is 6.92 Å². The number of carbonyl (C=O) groups excluding carboxylic acids is 1. The average Bonchev–Trinajstić information content (AvgIpc) is 2.43. The third-order valence-electron chi connectivity index (χ3n) is 2.29. The number of ether oxygens (including phenoxy) is 2. The largest absolute Gasteiger partial charge is 0.490 e. The standard InChI is InChI=1S/C12H17BIN2O3P/c1-9(19-12(17)16-7-6-15)8-18-10-2-4-11(5-3-10)20(13)14/h2-5,9H,6-8,15H2,1H3,(H,16,17). The number of nitrogens with one attached hydrogen (secondary N) is 1. The van der Waals surface area contributed by atoms with Crippen molar-refractivity contribution in [3.05, 3.63) is 24.3 Å². The first-order valence-corrected chi connectivity index (χ1v) is 10.3. The topological polar surface area (TPSA) is 73.6 Å². The van der Waals surface area contributed by atoms with E-state index >= 15 is 0 Å². The molecule has 1 aromatic carbocycles. The molecule has 0 heterocycles.